The fourth-order valence-corrected chi connectivity index (χ4v) is 1.78. The zero-order chi connectivity index (χ0) is 13.7. The van der Waals surface area contributed by atoms with Crippen LogP contribution >= 0.6 is 0 Å². The lowest BCUT2D eigenvalue weighted by Gasteiger charge is -2.16. The Bertz CT molecular complexity index is 531. The lowest BCUT2D eigenvalue weighted by atomic mass is 10.2. The quantitative estimate of drug-likeness (QED) is 0.894. The van der Waals surface area contributed by atoms with Gasteiger partial charge in [-0.15, -0.1) is 0 Å². The van der Waals surface area contributed by atoms with E-state index in [1.54, 1.807) is 32.8 Å². The SMILES string of the molecule is COc1ccc(NC(C)c2cnccn2)cc1OC. The fraction of sp³-hybridized carbons (Fsp3) is 0.286. The van der Waals surface area contributed by atoms with Crippen LogP contribution in [-0.4, -0.2) is 24.2 Å². The zero-order valence-electron chi connectivity index (χ0n) is 11.3. The van der Waals surface area contributed by atoms with Gasteiger partial charge in [0, 0.05) is 24.1 Å². The second kappa shape index (κ2) is 6.04. The number of hydrogen-bond donors (Lipinski definition) is 1. The van der Waals surface area contributed by atoms with Crippen molar-refractivity contribution in [3.8, 4) is 11.5 Å². The van der Waals surface area contributed by atoms with E-state index in [1.807, 2.05) is 25.1 Å². The van der Waals surface area contributed by atoms with Crippen LogP contribution in [0.2, 0.25) is 0 Å². The topological polar surface area (TPSA) is 56.3 Å². The van der Waals surface area contributed by atoms with Crippen LogP contribution in [0.1, 0.15) is 18.7 Å². The molecule has 0 aliphatic carbocycles. The first-order valence-corrected chi connectivity index (χ1v) is 5.99. The molecule has 2 aromatic rings. The largest absolute Gasteiger partial charge is 0.493 e. The molecule has 0 spiro atoms. The van der Waals surface area contributed by atoms with E-state index in [2.05, 4.69) is 15.3 Å². The normalized spacial score (nSPS) is 11.7. The van der Waals surface area contributed by atoms with Gasteiger partial charge in [-0.3, -0.25) is 9.97 Å². The van der Waals surface area contributed by atoms with Gasteiger partial charge >= 0.3 is 0 Å². The van der Waals surface area contributed by atoms with Crippen molar-refractivity contribution < 1.29 is 9.47 Å². The van der Waals surface area contributed by atoms with Crippen molar-refractivity contribution in [2.24, 2.45) is 0 Å². The number of nitrogens with one attached hydrogen (secondary N) is 1. The maximum atomic E-state index is 5.27. The summed E-state index contributed by atoms with van der Waals surface area (Å²) in [4.78, 5) is 8.33. The maximum absolute atomic E-state index is 5.27. The van der Waals surface area contributed by atoms with Gasteiger partial charge < -0.3 is 14.8 Å². The standard InChI is InChI=1S/C14H17N3O2/c1-10(12-9-15-6-7-16-12)17-11-4-5-13(18-2)14(8-11)19-3/h4-10,17H,1-3H3. The Balaban J connectivity index is 2.15. The summed E-state index contributed by atoms with van der Waals surface area (Å²) in [5, 5.41) is 3.35. The van der Waals surface area contributed by atoms with E-state index in [0.717, 1.165) is 11.4 Å². The summed E-state index contributed by atoms with van der Waals surface area (Å²) in [6, 6.07) is 5.76. The third kappa shape index (κ3) is 3.13. The van der Waals surface area contributed by atoms with Crippen molar-refractivity contribution in [3.63, 3.8) is 0 Å². The molecule has 5 nitrogen and oxygen atoms in total. The van der Waals surface area contributed by atoms with Crippen molar-refractivity contribution in [2.75, 3.05) is 19.5 Å². The lowest BCUT2D eigenvalue weighted by Crippen LogP contribution is -2.08. The lowest BCUT2D eigenvalue weighted by molar-refractivity contribution is 0.355. The smallest absolute Gasteiger partial charge is 0.162 e. The van der Waals surface area contributed by atoms with E-state index in [1.165, 1.54) is 0 Å². The molecular formula is C14H17N3O2. The zero-order valence-corrected chi connectivity index (χ0v) is 11.3. The number of nitrogens with zero attached hydrogens (tertiary/aromatic N) is 2. The average molecular weight is 259 g/mol. The minimum absolute atomic E-state index is 0.0619. The summed E-state index contributed by atoms with van der Waals surface area (Å²) >= 11 is 0. The average Bonchev–Trinajstić information content (AvgIpc) is 2.48. The van der Waals surface area contributed by atoms with Crippen LogP contribution in [0.5, 0.6) is 11.5 Å². The molecular weight excluding hydrogens is 242 g/mol. The summed E-state index contributed by atoms with van der Waals surface area (Å²) < 4.78 is 10.5. The molecule has 0 radical (unpaired) electrons. The van der Waals surface area contributed by atoms with Gasteiger partial charge in [-0.25, -0.2) is 0 Å². The molecule has 0 aliphatic rings. The molecule has 1 atom stereocenters. The van der Waals surface area contributed by atoms with Gasteiger partial charge in [0.2, 0.25) is 0 Å². The molecule has 1 heterocycles. The Morgan fingerprint density at radius 1 is 1.11 bits per heavy atom. The minimum Gasteiger partial charge on any atom is -0.493 e. The second-order valence-corrected chi connectivity index (χ2v) is 4.07. The molecule has 5 heteroatoms. The number of aromatic nitrogens is 2. The van der Waals surface area contributed by atoms with Crippen LogP contribution < -0.4 is 14.8 Å². The van der Waals surface area contributed by atoms with Crippen molar-refractivity contribution in [2.45, 2.75) is 13.0 Å². The molecule has 19 heavy (non-hydrogen) atoms. The number of ether oxygens (including phenoxy) is 2. The Kier molecular flexibility index (Phi) is 4.18. The first-order chi connectivity index (χ1) is 9.24. The Hall–Kier alpha value is -2.30. The molecule has 1 aromatic heterocycles. The highest BCUT2D eigenvalue weighted by Gasteiger charge is 2.09. The van der Waals surface area contributed by atoms with E-state index >= 15 is 0 Å². The molecule has 0 amide bonds. The first-order valence-electron chi connectivity index (χ1n) is 5.99. The Morgan fingerprint density at radius 2 is 1.89 bits per heavy atom. The highest BCUT2D eigenvalue weighted by molar-refractivity contribution is 5.55. The monoisotopic (exact) mass is 259 g/mol. The van der Waals surface area contributed by atoms with Crippen LogP contribution in [-0.2, 0) is 0 Å². The molecule has 1 unspecified atom stereocenters. The Morgan fingerprint density at radius 3 is 2.53 bits per heavy atom. The molecule has 100 valence electrons. The Labute approximate surface area is 112 Å². The molecule has 0 fully saturated rings. The summed E-state index contributed by atoms with van der Waals surface area (Å²) in [5.74, 6) is 1.40. The fourth-order valence-electron chi connectivity index (χ4n) is 1.78. The molecule has 0 saturated heterocycles. The van der Waals surface area contributed by atoms with Crippen LogP contribution in [0.25, 0.3) is 0 Å². The van der Waals surface area contributed by atoms with E-state index in [9.17, 15) is 0 Å². The predicted molar refractivity (Wildman–Crippen MR) is 73.6 cm³/mol. The summed E-state index contributed by atoms with van der Waals surface area (Å²) in [7, 11) is 3.24. The van der Waals surface area contributed by atoms with E-state index in [4.69, 9.17) is 9.47 Å². The van der Waals surface area contributed by atoms with Crippen LogP contribution in [0.4, 0.5) is 5.69 Å². The number of benzene rings is 1. The van der Waals surface area contributed by atoms with Crippen molar-refractivity contribution in [1.82, 2.24) is 9.97 Å². The summed E-state index contributed by atoms with van der Waals surface area (Å²) in [5.41, 5.74) is 1.83. The summed E-state index contributed by atoms with van der Waals surface area (Å²) in [6.45, 7) is 2.03. The minimum atomic E-state index is 0.0619. The van der Waals surface area contributed by atoms with Crippen LogP contribution in [0.15, 0.2) is 36.8 Å². The van der Waals surface area contributed by atoms with Gasteiger partial charge in [0.15, 0.2) is 11.5 Å². The molecule has 1 aromatic carbocycles. The second-order valence-electron chi connectivity index (χ2n) is 4.07. The highest BCUT2D eigenvalue weighted by atomic mass is 16.5. The van der Waals surface area contributed by atoms with E-state index in [0.29, 0.717) is 11.5 Å². The molecule has 0 saturated carbocycles. The van der Waals surface area contributed by atoms with Gasteiger partial charge in [0.1, 0.15) is 0 Å². The van der Waals surface area contributed by atoms with Crippen molar-refractivity contribution in [3.05, 3.63) is 42.5 Å². The molecule has 2 rings (SSSR count). The molecule has 0 aliphatic heterocycles. The number of hydrogen-bond acceptors (Lipinski definition) is 5. The van der Waals surface area contributed by atoms with E-state index < -0.39 is 0 Å². The number of anilines is 1. The van der Waals surface area contributed by atoms with Crippen LogP contribution in [0.3, 0.4) is 0 Å². The van der Waals surface area contributed by atoms with Crippen molar-refractivity contribution >= 4 is 5.69 Å². The van der Waals surface area contributed by atoms with Crippen molar-refractivity contribution in [1.29, 1.82) is 0 Å². The van der Waals surface area contributed by atoms with Gasteiger partial charge in [-0.2, -0.15) is 0 Å². The summed E-state index contributed by atoms with van der Waals surface area (Å²) in [6.07, 6.45) is 5.09. The third-order valence-corrected chi connectivity index (χ3v) is 2.79. The highest BCUT2D eigenvalue weighted by Crippen LogP contribution is 2.30. The third-order valence-electron chi connectivity index (χ3n) is 2.79. The predicted octanol–water partition coefficient (Wildman–Crippen LogP) is 2.67. The first kappa shape index (κ1) is 13.1. The van der Waals surface area contributed by atoms with Gasteiger partial charge in [-0.05, 0) is 19.1 Å². The number of methoxy groups -OCH3 is 2. The molecule has 0 bridgehead atoms. The maximum Gasteiger partial charge on any atom is 0.162 e. The van der Waals surface area contributed by atoms with E-state index in [-0.39, 0.29) is 6.04 Å². The van der Waals surface area contributed by atoms with Gasteiger partial charge in [-0.1, -0.05) is 0 Å². The van der Waals surface area contributed by atoms with Crippen LogP contribution in [0, 0.1) is 0 Å². The molecule has 1 N–H and O–H groups in total. The number of rotatable bonds is 5. The van der Waals surface area contributed by atoms with Gasteiger partial charge in [0.25, 0.3) is 0 Å². The van der Waals surface area contributed by atoms with Gasteiger partial charge in [0.05, 0.1) is 32.2 Å².